The number of ketones is 2. The molecule has 2 aliphatic rings. The number of carbonyl (C=O) groups excluding carboxylic acids is 3. The first-order valence-corrected chi connectivity index (χ1v) is 10.6. The number of ether oxygens (including phenoxy) is 1. The smallest absolute Gasteiger partial charge is 0.254 e. The number of aromatic nitrogens is 1. The monoisotopic (exact) mass is 417 g/mol. The summed E-state index contributed by atoms with van der Waals surface area (Å²) in [6.07, 6.45) is 2.53. The standard InChI is InChI=1S/C24H23N3O4/c28-22-16-6-1-2-7-17(16)23(29)21-20(22)19(18-8-3-4-11-27(18)21)24(30)25-9-5-10-26-12-14-31-15-13-26/h1-4,6-8,11H,5,9-10,12-15H2,(H,25,30). The third-order valence-corrected chi connectivity index (χ3v) is 5.97. The minimum atomic E-state index is -0.326. The van der Waals surface area contributed by atoms with Gasteiger partial charge in [0.05, 0.1) is 29.9 Å². The molecular weight excluding hydrogens is 394 g/mol. The number of amides is 1. The molecular formula is C24H23N3O4. The molecule has 7 heteroatoms. The van der Waals surface area contributed by atoms with E-state index in [1.165, 1.54) is 0 Å². The first-order chi connectivity index (χ1) is 15.2. The number of benzene rings is 1. The minimum Gasteiger partial charge on any atom is -0.379 e. The average Bonchev–Trinajstić information content (AvgIpc) is 3.17. The number of pyridine rings is 1. The highest BCUT2D eigenvalue weighted by Crippen LogP contribution is 2.33. The fraction of sp³-hybridized carbons (Fsp3) is 0.292. The van der Waals surface area contributed by atoms with E-state index < -0.39 is 0 Å². The molecule has 31 heavy (non-hydrogen) atoms. The van der Waals surface area contributed by atoms with Crippen molar-refractivity contribution in [1.82, 2.24) is 14.6 Å². The number of morpholine rings is 1. The summed E-state index contributed by atoms with van der Waals surface area (Å²) in [7, 11) is 0. The van der Waals surface area contributed by atoms with Gasteiger partial charge in [0.2, 0.25) is 5.78 Å². The number of carbonyl (C=O) groups is 3. The van der Waals surface area contributed by atoms with E-state index in [0.717, 1.165) is 39.3 Å². The van der Waals surface area contributed by atoms with E-state index in [1.807, 2.05) is 0 Å². The van der Waals surface area contributed by atoms with Crippen LogP contribution in [0.2, 0.25) is 0 Å². The molecule has 1 N–H and O–H groups in total. The van der Waals surface area contributed by atoms with E-state index >= 15 is 0 Å². The molecule has 158 valence electrons. The Hall–Kier alpha value is -3.29. The Labute approximate surface area is 179 Å². The molecule has 1 fully saturated rings. The van der Waals surface area contributed by atoms with Crippen LogP contribution in [0.4, 0.5) is 0 Å². The van der Waals surface area contributed by atoms with Gasteiger partial charge in [-0.1, -0.05) is 30.3 Å². The Kier molecular flexibility index (Phi) is 5.13. The Bertz CT molecular complexity index is 1190. The summed E-state index contributed by atoms with van der Waals surface area (Å²) in [5, 5.41) is 2.95. The summed E-state index contributed by atoms with van der Waals surface area (Å²) in [4.78, 5) is 42.0. The lowest BCUT2D eigenvalue weighted by Gasteiger charge is -2.26. The number of rotatable bonds is 5. The second kappa shape index (κ2) is 8.09. The maximum absolute atomic E-state index is 13.3. The molecule has 7 nitrogen and oxygen atoms in total. The summed E-state index contributed by atoms with van der Waals surface area (Å²) in [6, 6.07) is 12.1. The Morgan fingerprint density at radius 2 is 1.68 bits per heavy atom. The molecule has 3 aromatic rings. The van der Waals surface area contributed by atoms with Gasteiger partial charge in [0.25, 0.3) is 5.91 Å². The van der Waals surface area contributed by atoms with Gasteiger partial charge >= 0.3 is 0 Å². The number of nitrogens with one attached hydrogen (secondary N) is 1. The predicted molar refractivity (Wildman–Crippen MR) is 115 cm³/mol. The molecule has 0 radical (unpaired) electrons. The van der Waals surface area contributed by atoms with Crippen molar-refractivity contribution in [1.29, 1.82) is 0 Å². The van der Waals surface area contributed by atoms with Gasteiger partial charge in [-0.05, 0) is 25.1 Å². The van der Waals surface area contributed by atoms with Gasteiger partial charge in [0.1, 0.15) is 5.69 Å². The Morgan fingerprint density at radius 3 is 2.45 bits per heavy atom. The van der Waals surface area contributed by atoms with Crippen LogP contribution in [0.3, 0.4) is 0 Å². The lowest BCUT2D eigenvalue weighted by atomic mass is 9.86. The number of nitrogens with zero attached hydrogens (tertiary/aromatic N) is 2. The number of hydrogen-bond acceptors (Lipinski definition) is 5. The third-order valence-electron chi connectivity index (χ3n) is 5.97. The Morgan fingerprint density at radius 1 is 0.968 bits per heavy atom. The van der Waals surface area contributed by atoms with E-state index in [2.05, 4.69) is 10.2 Å². The quantitative estimate of drug-likeness (QED) is 0.504. The van der Waals surface area contributed by atoms with Crippen molar-refractivity contribution in [2.24, 2.45) is 0 Å². The summed E-state index contributed by atoms with van der Waals surface area (Å²) < 4.78 is 7.02. The van der Waals surface area contributed by atoms with Crippen LogP contribution >= 0.6 is 0 Å². The van der Waals surface area contributed by atoms with Crippen LogP contribution < -0.4 is 5.32 Å². The highest BCUT2D eigenvalue weighted by atomic mass is 16.5. The van der Waals surface area contributed by atoms with Crippen molar-refractivity contribution in [2.45, 2.75) is 6.42 Å². The van der Waals surface area contributed by atoms with Gasteiger partial charge in [-0.2, -0.15) is 0 Å². The van der Waals surface area contributed by atoms with Crippen molar-refractivity contribution in [3.63, 3.8) is 0 Å². The second-order valence-corrected chi connectivity index (χ2v) is 7.82. The van der Waals surface area contributed by atoms with Crippen molar-refractivity contribution in [2.75, 3.05) is 39.4 Å². The summed E-state index contributed by atoms with van der Waals surface area (Å²) in [6.45, 7) is 4.67. The van der Waals surface area contributed by atoms with Crippen LogP contribution in [-0.2, 0) is 4.74 Å². The highest BCUT2D eigenvalue weighted by Gasteiger charge is 2.37. The van der Waals surface area contributed by atoms with E-state index in [-0.39, 0.29) is 34.3 Å². The van der Waals surface area contributed by atoms with Crippen LogP contribution in [0, 0.1) is 0 Å². The maximum Gasteiger partial charge on any atom is 0.254 e. The van der Waals surface area contributed by atoms with Gasteiger partial charge in [-0.15, -0.1) is 0 Å². The first kappa shape index (κ1) is 19.7. The summed E-state index contributed by atoms with van der Waals surface area (Å²) >= 11 is 0. The van der Waals surface area contributed by atoms with Crippen molar-refractivity contribution < 1.29 is 19.1 Å². The molecule has 1 saturated heterocycles. The van der Waals surface area contributed by atoms with Gasteiger partial charge in [-0.25, -0.2) is 0 Å². The topological polar surface area (TPSA) is 80.1 Å². The lowest BCUT2D eigenvalue weighted by Crippen LogP contribution is -2.38. The molecule has 2 aromatic heterocycles. The van der Waals surface area contributed by atoms with Gasteiger partial charge in [0, 0.05) is 37.0 Å². The van der Waals surface area contributed by atoms with E-state index in [9.17, 15) is 14.4 Å². The van der Waals surface area contributed by atoms with Crippen LogP contribution in [0.15, 0.2) is 48.7 Å². The zero-order valence-corrected chi connectivity index (χ0v) is 17.1. The molecule has 0 atom stereocenters. The van der Waals surface area contributed by atoms with Crippen LogP contribution in [0.5, 0.6) is 0 Å². The number of fused-ring (bicyclic) bond motifs is 4. The van der Waals surface area contributed by atoms with Gasteiger partial charge < -0.3 is 14.5 Å². The highest BCUT2D eigenvalue weighted by molar-refractivity contribution is 6.32. The molecule has 0 saturated carbocycles. The van der Waals surface area contributed by atoms with Crippen LogP contribution in [-0.4, -0.2) is 66.2 Å². The molecule has 1 aliphatic heterocycles. The summed E-state index contributed by atoms with van der Waals surface area (Å²) in [5.41, 5.74) is 2.01. The van der Waals surface area contributed by atoms with E-state index in [4.69, 9.17) is 4.74 Å². The van der Waals surface area contributed by atoms with Gasteiger partial charge in [-0.3, -0.25) is 19.3 Å². The third kappa shape index (κ3) is 3.36. The lowest BCUT2D eigenvalue weighted by molar-refractivity contribution is 0.0374. The van der Waals surface area contributed by atoms with Crippen LogP contribution in [0.25, 0.3) is 5.52 Å². The normalized spacial score (nSPS) is 16.3. The van der Waals surface area contributed by atoms with Gasteiger partial charge in [0.15, 0.2) is 5.78 Å². The molecule has 5 rings (SSSR count). The molecule has 0 unspecified atom stereocenters. The summed E-state index contributed by atoms with van der Waals surface area (Å²) in [5.74, 6) is -0.849. The first-order valence-electron chi connectivity index (χ1n) is 10.6. The van der Waals surface area contributed by atoms with E-state index in [1.54, 1.807) is 53.1 Å². The molecule has 1 aromatic carbocycles. The van der Waals surface area contributed by atoms with Crippen LogP contribution in [0.1, 0.15) is 48.8 Å². The largest absolute Gasteiger partial charge is 0.379 e. The fourth-order valence-electron chi connectivity index (χ4n) is 4.44. The zero-order valence-electron chi connectivity index (χ0n) is 17.1. The van der Waals surface area contributed by atoms with Crippen molar-refractivity contribution in [3.8, 4) is 0 Å². The molecule has 1 aliphatic carbocycles. The van der Waals surface area contributed by atoms with E-state index in [0.29, 0.717) is 23.2 Å². The SMILES string of the molecule is O=C1c2ccccc2C(=O)c2c1c(C(=O)NCCCN1CCOCC1)c1ccccn21. The molecule has 0 spiro atoms. The minimum absolute atomic E-state index is 0.195. The molecule has 0 bridgehead atoms. The second-order valence-electron chi connectivity index (χ2n) is 7.82. The maximum atomic E-state index is 13.3. The Balaban J connectivity index is 1.45. The van der Waals surface area contributed by atoms with Crippen molar-refractivity contribution >= 4 is 23.0 Å². The predicted octanol–water partition coefficient (Wildman–Crippen LogP) is 2.17. The fourth-order valence-corrected chi connectivity index (χ4v) is 4.44. The van der Waals surface area contributed by atoms with Crippen molar-refractivity contribution in [3.05, 3.63) is 76.6 Å². The molecule has 3 heterocycles. The number of hydrogen-bond donors (Lipinski definition) is 1. The average molecular weight is 417 g/mol. The molecule has 1 amide bonds. The zero-order chi connectivity index (χ0) is 21.4.